The van der Waals surface area contributed by atoms with E-state index in [0.29, 0.717) is 11.5 Å². The van der Waals surface area contributed by atoms with Crippen molar-refractivity contribution in [1.82, 2.24) is 4.57 Å². The van der Waals surface area contributed by atoms with Crippen LogP contribution in [-0.4, -0.2) is 15.6 Å². The summed E-state index contributed by atoms with van der Waals surface area (Å²) in [4.78, 5) is 11.8. The van der Waals surface area contributed by atoms with Crippen LogP contribution in [0.15, 0.2) is 12.1 Å². The molecule has 1 aromatic heterocycles. The Labute approximate surface area is 133 Å². The van der Waals surface area contributed by atoms with Crippen molar-refractivity contribution in [2.45, 2.75) is 66.3 Å². The van der Waals surface area contributed by atoms with E-state index in [2.05, 4.69) is 52.2 Å². The molecule has 2 aromatic rings. The molecule has 3 heteroatoms. The zero-order chi connectivity index (χ0) is 16.6. The van der Waals surface area contributed by atoms with Gasteiger partial charge in [-0.25, -0.2) is 4.79 Å². The Kier molecular flexibility index (Phi) is 4.64. The van der Waals surface area contributed by atoms with Crippen LogP contribution >= 0.6 is 0 Å². The molecule has 22 heavy (non-hydrogen) atoms. The molecule has 2 rings (SSSR count). The Balaban J connectivity index is 2.96. The molecule has 0 unspecified atom stereocenters. The van der Waals surface area contributed by atoms with Gasteiger partial charge in [-0.15, -0.1) is 0 Å². The second kappa shape index (κ2) is 6.15. The van der Waals surface area contributed by atoms with E-state index in [1.165, 1.54) is 11.3 Å². The molecule has 0 spiro atoms. The van der Waals surface area contributed by atoms with Crippen LogP contribution in [0, 0.1) is 6.92 Å². The predicted octanol–water partition coefficient (Wildman–Crippen LogP) is 5.30. The van der Waals surface area contributed by atoms with E-state index in [-0.39, 0.29) is 6.04 Å². The van der Waals surface area contributed by atoms with Crippen molar-refractivity contribution in [2.75, 3.05) is 0 Å². The Hall–Kier alpha value is -1.77. The molecule has 0 aliphatic rings. The molecule has 0 aliphatic carbocycles. The number of hydrogen-bond donors (Lipinski definition) is 1. The van der Waals surface area contributed by atoms with E-state index in [1.807, 2.05) is 6.07 Å². The third-order valence-corrected chi connectivity index (χ3v) is 4.41. The van der Waals surface area contributed by atoms with E-state index in [4.69, 9.17) is 0 Å². The minimum Gasteiger partial charge on any atom is -0.478 e. The number of hydrogen-bond acceptors (Lipinski definition) is 1. The van der Waals surface area contributed by atoms with Gasteiger partial charge in [0.05, 0.1) is 11.1 Å². The third kappa shape index (κ3) is 2.65. The highest BCUT2D eigenvalue weighted by molar-refractivity contribution is 6.04. The largest absolute Gasteiger partial charge is 0.478 e. The minimum atomic E-state index is -0.838. The molecule has 3 nitrogen and oxygen atoms in total. The lowest BCUT2D eigenvalue weighted by Crippen LogP contribution is -2.08. The van der Waals surface area contributed by atoms with Gasteiger partial charge in [-0.3, -0.25) is 0 Å². The molecule has 120 valence electrons. The fourth-order valence-corrected chi connectivity index (χ4v) is 3.36. The molecule has 1 aromatic carbocycles. The van der Waals surface area contributed by atoms with E-state index in [9.17, 15) is 9.90 Å². The second-order valence-electron chi connectivity index (χ2n) is 6.70. The highest BCUT2D eigenvalue weighted by atomic mass is 16.4. The molecule has 1 N–H and O–H groups in total. The maximum atomic E-state index is 11.8. The Morgan fingerprint density at radius 2 is 1.86 bits per heavy atom. The van der Waals surface area contributed by atoms with Crippen LogP contribution in [0.3, 0.4) is 0 Å². The summed E-state index contributed by atoms with van der Waals surface area (Å²) in [6.07, 6.45) is 2.05. The van der Waals surface area contributed by atoms with Crippen molar-refractivity contribution in [3.8, 4) is 0 Å². The zero-order valence-corrected chi connectivity index (χ0v) is 14.5. The maximum absolute atomic E-state index is 11.8. The van der Waals surface area contributed by atoms with Crippen LogP contribution in [0.1, 0.15) is 80.2 Å². The molecule has 0 aliphatic heterocycles. The molecular weight excluding hydrogens is 274 g/mol. The summed E-state index contributed by atoms with van der Waals surface area (Å²) in [5.41, 5.74) is 4.92. The second-order valence-corrected chi connectivity index (χ2v) is 6.70. The lowest BCUT2D eigenvalue weighted by Gasteiger charge is -2.15. The fraction of sp³-hybridized carbons (Fsp3) is 0.526. The fourth-order valence-electron chi connectivity index (χ4n) is 3.36. The number of carboxylic acid groups (broad SMARTS) is 1. The van der Waals surface area contributed by atoms with Crippen LogP contribution in [0.4, 0.5) is 0 Å². The minimum absolute atomic E-state index is 0.246. The van der Waals surface area contributed by atoms with Gasteiger partial charge in [0.25, 0.3) is 0 Å². The number of aromatic nitrogens is 1. The smallest absolute Gasteiger partial charge is 0.337 e. The van der Waals surface area contributed by atoms with Gasteiger partial charge in [-0.1, -0.05) is 27.2 Å². The number of carboxylic acids is 1. The highest BCUT2D eigenvalue weighted by Gasteiger charge is 2.22. The standard InChI is InChI=1S/C19H27NO2/c1-7-8-15-13(6)20(12(4)5)18-16(15)9-14(11(2)3)10-17(18)19(21)22/h9-12H,7-8H2,1-6H3,(H,21,22). The summed E-state index contributed by atoms with van der Waals surface area (Å²) in [6, 6.07) is 4.29. The number of nitrogens with zero attached hydrogens (tertiary/aromatic N) is 1. The first-order valence-corrected chi connectivity index (χ1v) is 8.20. The van der Waals surface area contributed by atoms with Gasteiger partial charge >= 0.3 is 5.97 Å². The van der Waals surface area contributed by atoms with Crippen LogP contribution in [0.5, 0.6) is 0 Å². The monoisotopic (exact) mass is 301 g/mol. The number of aryl methyl sites for hydroxylation is 1. The van der Waals surface area contributed by atoms with Gasteiger partial charge < -0.3 is 9.67 Å². The first kappa shape index (κ1) is 16.6. The van der Waals surface area contributed by atoms with Crippen molar-refractivity contribution in [3.05, 3.63) is 34.5 Å². The molecular formula is C19H27NO2. The summed E-state index contributed by atoms with van der Waals surface area (Å²) >= 11 is 0. The third-order valence-electron chi connectivity index (χ3n) is 4.41. The molecule has 0 saturated heterocycles. The average molecular weight is 301 g/mol. The van der Waals surface area contributed by atoms with Crippen molar-refractivity contribution in [1.29, 1.82) is 0 Å². The predicted molar refractivity (Wildman–Crippen MR) is 92.1 cm³/mol. The van der Waals surface area contributed by atoms with Gasteiger partial charge in [-0.05, 0) is 56.4 Å². The number of aromatic carboxylic acids is 1. The lowest BCUT2D eigenvalue weighted by atomic mass is 9.95. The van der Waals surface area contributed by atoms with Gasteiger partial charge in [-0.2, -0.15) is 0 Å². The average Bonchev–Trinajstić information content (AvgIpc) is 2.71. The number of fused-ring (bicyclic) bond motifs is 1. The van der Waals surface area contributed by atoms with E-state index < -0.39 is 5.97 Å². The Morgan fingerprint density at radius 1 is 1.23 bits per heavy atom. The molecule has 1 heterocycles. The summed E-state index contributed by atoms with van der Waals surface area (Å²) in [5.74, 6) is -0.519. The van der Waals surface area contributed by atoms with Crippen molar-refractivity contribution < 1.29 is 9.90 Å². The van der Waals surface area contributed by atoms with Crippen molar-refractivity contribution in [3.63, 3.8) is 0 Å². The maximum Gasteiger partial charge on any atom is 0.337 e. The molecule has 0 saturated carbocycles. The number of benzene rings is 1. The summed E-state index contributed by atoms with van der Waals surface area (Å²) < 4.78 is 2.19. The van der Waals surface area contributed by atoms with Gasteiger partial charge in [0.2, 0.25) is 0 Å². The van der Waals surface area contributed by atoms with Crippen molar-refractivity contribution >= 4 is 16.9 Å². The van der Waals surface area contributed by atoms with E-state index in [0.717, 1.165) is 29.3 Å². The Bertz CT molecular complexity index is 708. The highest BCUT2D eigenvalue weighted by Crippen LogP contribution is 2.35. The van der Waals surface area contributed by atoms with Crippen molar-refractivity contribution in [2.24, 2.45) is 0 Å². The van der Waals surface area contributed by atoms with Gasteiger partial charge in [0.15, 0.2) is 0 Å². The lowest BCUT2D eigenvalue weighted by molar-refractivity contribution is 0.0698. The van der Waals surface area contributed by atoms with Crippen LogP contribution < -0.4 is 0 Å². The van der Waals surface area contributed by atoms with E-state index in [1.54, 1.807) is 0 Å². The quantitative estimate of drug-likeness (QED) is 0.813. The summed E-state index contributed by atoms with van der Waals surface area (Å²) in [5, 5.41) is 10.8. The van der Waals surface area contributed by atoms with Crippen LogP contribution in [0.2, 0.25) is 0 Å². The summed E-state index contributed by atoms with van der Waals surface area (Å²) in [7, 11) is 0. The SMILES string of the molecule is CCCc1c(C)n(C(C)C)c2c(C(=O)O)cc(C(C)C)cc12. The molecule has 0 fully saturated rings. The zero-order valence-electron chi connectivity index (χ0n) is 14.5. The molecule has 0 amide bonds. The first-order chi connectivity index (χ1) is 10.3. The first-order valence-electron chi connectivity index (χ1n) is 8.20. The molecule has 0 radical (unpaired) electrons. The summed E-state index contributed by atoms with van der Waals surface area (Å²) in [6.45, 7) is 12.7. The van der Waals surface area contributed by atoms with Gasteiger partial charge in [0, 0.05) is 17.1 Å². The number of carbonyl (C=O) groups is 1. The molecule has 0 atom stereocenters. The topological polar surface area (TPSA) is 42.2 Å². The Morgan fingerprint density at radius 3 is 2.32 bits per heavy atom. The van der Waals surface area contributed by atoms with Crippen LogP contribution in [-0.2, 0) is 6.42 Å². The van der Waals surface area contributed by atoms with Crippen LogP contribution in [0.25, 0.3) is 10.9 Å². The molecule has 0 bridgehead atoms. The van der Waals surface area contributed by atoms with Gasteiger partial charge in [0.1, 0.15) is 0 Å². The van der Waals surface area contributed by atoms with E-state index >= 15 is 0 Å². The normalized spacial score (nSPS) is 11.8. The number of rotatable bonds is 5.